The Morgan fingerprint density at radius 1 is 1.09 bits per heavy atom. The van der Waals surface area contributed by atoms with Crippen molar-refractivity contribution in [1.82, 2.24) is 24.8 Å². The van der Waals surface area contributed by atoms with Crippen LogP contribution in [0.25, 0.3) is 17.1 Å². The van der Waals surface area contributed by atoms with Gasteiger partial charge in [0.2, 0.25) is 11.7 Å². The summed E-state index contributed by atoms with van der Waals surface area (Å²) in [6.45, 7) is 5.28. The summed E-state index contributed by atoms with van der Waals surface area (Å²) in [5, 5.41) is 8.63. The molecule has 0 saturated heterocycles. The fourth-order valence-electron chi connectivity index (χ4n) is 3.58. The second kappa shape index (κ2) is 9.15. The summed E-state index contributed by atoms with van der Waals surface area (Å²) in [5.41, 5.74) is 5.55. The van der Waals surface area contributed by atoms with Crippen LogP contribution in [0, 0.1) is 13.8 Å². The Hall–Kier alpha value is -3.78. The average Bonchev–Trinajstić information content (AvgIpc) is 3.39. The molecule has 164 valence electrons. The lowest BCUT2D eigenvalue weighted by atomic mass is 10.1. The molecule has 0 N–H and O–H groups in total. The first-order chi connectivity index (χ1) is 15.4. The minimum Gasteiger partial charge on any atom is -0.465 e. The van der Waals surface area contributed by atoms with E-state index in [9.17, 15) is 4.79 Å². The van der Waals surface area contributed by atoms with E-state index in [1.807, 2.05) is 24.7 Å². The van der Waals surface area contributed by atoms with Crippen LogP contribution >= 0.6 is 0 Å². The van der Waals surface area contributed by atoms with Crippen molar-refractivity contribution < 1.29 is 14.1 Å². The van der Waals surface area contributed by atoms with Crippen LogP contribution in [0.5, 0.6) is 0 Å². The van der Waals surface area contributed by atoms with E-state index in [2.05, 4.69) is 51.3 Å². The van der Waals surface area contributed by atoms with E-state index >= 15 is 0 Å². The zero-order valence-corrected chi connectivity index (χ0v) is 18.6. The van der Waals surface area contributed by atoms with Gasteiger partial charge in [-0.05, 0) is 56.8 Å². The molecule has 0 aliphatic heterocycles. The second-order valence-corrected chi connectivity index (χ2v) is 7.76. The van der Waals surface area contributed by atoms with Crippen molar-refractivity contribution in [2.24, 2.45) is 0 Å². The van der Waals surface area contributed by atoms with E-state index in [0.717, 1.165) is 34.7 Å². The topological polar surface area (TPSA) is 86.3 Å². The maximum atomic E-state index is 11.6. The number of hydrogen-bond acceptors (Lipinski definition) is 7. The van der Waals surface area contributed by atoms with E-state index in [0.29, 0.717) is 23.8 Å². The number of benzene rings is 2. The Morgan fingerprint density at radius 2 is 1.88 bits per heavy atom. The lowest BCUT2D eigenvalue weighted by Gasteiger charge is -2.15. The van der Waals surface area contributed by atoms with Gasteiger partial charge in [0.15, 0.2) is 0 Å². The molecular formula is C24H25N5O3. The summed E-state index contributed by atoms with van der Waals surface area (Å²) in [5.74, 6) is 0.625. The minimum atomic E-state index is -0.381. The number of methoxy groups -OCH3 is 1. The smallest absolute Gasteiger partial charge is 0.337 e. The molecule has 2 aromatic carbocycles. The third-order valence-corrected chi connectivity index (χ3v) is 5.05. The quantitative estimate of drug-likeness (QED) is 0.409. The first kappa shape index (κ1) is 21.5. The predicted octanol–water partition coefficient (Wildman–Crippen LogP) is 3.96. The van der Waals surface area contributed by atoms with Crippen LogP contribution in [-0.4, -0.2) is 44.9 Å². The lowest BCUT2D eigenvalue weighted by molar-refractivity contribution is 0.0600. The van der Waals surface area contributed by atoms with E-state index in [1.165, 1.54) is 7.11 Å². The highest BCUT2D eigenvalue weighted by molar-refractivity contribution is 5.89. The van der Waals surface area contributed by atoms with Gasteiger partial charge in [-0.15, -0.1) is 0 Å². The van der Waals surface area contributed by atoms with Crippen molar-refractivity contribution in [3.63, 3.8) is 0 Å². The molecule has 32 heavy (non-hydrogen) atoms. The number of carbonyl (C=O) groups is 1. The number of carbonyl (C=O) groups excluding carboxylic acids is 1. The monoisotopic (exact) mass is 431 g/mol. The summed E-state index contributed by atoms with van der Waals surface area (Å²) in [7, 11) is 3.36. The number of rotatable bonds is 7. The predicted molar refractivity (Wildman–Crippen MR) is 119 cm³/mol. The number of esters is 1. The maximum Gasteiger partial charge on any atom is 0.337 e. The molecule has 8 nitrogen and oxygen atoms in total. The first-order valence-electron chi connectivity index (χ1n) is 10.3. The number of aromatic nitrogens is 4. The molecule has 2 heterocycles. The largest absolute Gasteiger partial charge is 0.465 e. The Balaban J connectivity index is 1.41. The normalized spacial score (nSPS) is 11.2. The molecule has 0 fully saturated rings. The van der Waals surface area contributed by atoms with Gasteiger partial charge in [0.1, 0.15) is 0 Å². The van der Waals surface area contributed by atoms with Gasteiger partial charge in [0, 0.05) is 17.8 Å². The van der Waals surface area contributed by atoms with Crippen molar-refractivity contribution in [2.75, 3.05) is 14.2 Å². The first-order valence-corrected chi connectivity index (χ1v) is 10.3. The average molecular weight is 431 g/mol. The summed E-state index contributed by atoms with van der Waals surface area (Å²) in [4.78, 5) is 18.2. The summed E-state index contributed by atoms with van der Waals surface area (Å²) in [6.07, 6.45) is 0. The second-order valence-electron chi connectivity index (χ2n) is 7.76. The van der Waals surface area contributed by atoms with Crippen LogP contribution in [-0.2, 0) is 17.8 Å². The number of ether oxygens (including phenoxy) is 1. The van der Waals surface area contributed by atoms with Gasteiger partial charge in [-0.3, -0.25) is 4.90 Å². The van der Waals surface area contributed by atoms with Gasteiger partial charge < -0.3 is 9.26 Å². The molecule has 0 unspecified atom stereocenters. The SMILES string of the molecule is COC(=O)c1ccc(-c2noc(CN(C)Cc3cccc(-n4nc(C)cc4C)c3)n2)cc1. The van der Waals surface area contributed by atoms with Crippen LogP contribution in [0.1, 0.15) is 33.2 Å². The third-order valence-electron chi connectivity index (χ3n) is 5.05. The van der Waals surface area contributed by atoms with Crippen molar-refractivity contribution >= 4 is 5.97 Å². The van der Waals surface area contributed by atoms with E-state index < -0.39 is 0 Å². The van der Waals surface area contributed by atoms with E-state index in [-0.39, 0.29) is 5.97 Å². The van der Waals surface area contributed by atoms with Crippen molar-refractivity contribution in [1.29, 1.82) is 0 Å². The van der Waals surface area contributed by atoms with Gasteiger partial charge >= 0.3 is 5.97 Å². The molecule has 0 spiro atoms. The molecule has 0 aliphatic carbocycles. The maximum absolute atomic E-state index is 11.6. The van der Waals surface area contributed by atoms with Crippen molar-refractivity contribution in [3.05, 3.63) is 83.0 Å². The summed E-state index contributed by atoms with van der Waals surface area (Å²) < 4.78 is 12.1. The van der Waals surface area contributed by atoms with E-state index in [4.69, 9.17) is 9.26 Å². The highest BCUT2D eigenvalue weighted by Crippen LogP contribution is 2.19. The Morgan fingerprint density at radius 3 is 2.56 bits per heavy atom. The molecule has 0 amide bonds. The molecule has 0 aliphatic rings. The van der Waals surface area contributed by atoms with Gasteiger partial charge in [-0.25, -0.2) is 9.48 Å². The molecule has 4 rings (SSSR count). The summed E-state index contributed by atoms with van der Waals surface area (Å²) in [6, 6.07) is 17.3. The Kier molecular flexibility index (Phi) is 6.13. The van der Waals surface area contributed by atoms with Gasteiger partial charge in [-0.2, -0.15) is 10.1 Å². The molecule has 0 atom stereocenters. The number of aryl methyl sites for hydroxylation is 2. The summed E-state index contributed by atoms with van der Waals surface area (Å²) >= 11 is 0. The van der Waals surface area contributed by atoms with Gasteiger partial charge in [0.25, 0.3) is 0 Å². The molecule has 2 aromatic heterocycles. The molecule has 0 saturated carbocycles. The van der Waals surface area contributed by atoms with Crippen LogP contribution in [0.4, 0.5) is 0 Å². The fourth-order valence-corrected chi connectivity index (χ4v) is 3.58. The van der Waals surface area contributed by atoms with Crippen LogP contribution in [0.15, 0.2) is 59.1 Å². The lowest BCUT2D eigenvalue weighted by Crippen LogP contribution is -2.17. The fraction of sp³-hybridized carbons (Fsp3) is 0.250. The zero-order valence-electron chi connectivity index (χ0n) is 18.6. The molecule has 0 radical (unpaired) electrons. The standard InChI is InChI=1S/C24H25N5O3/c1-16-12-17(2)29(26-16)21-7-5-6-18(13-21)14-28(3)15-22-25-23(27-32-22)19-8-10-20(11-9-19)24(30)31-4/h5-13H,14-15H2,1-4H3. The highest BCUT2D eigenvalue weighted by atomic mass is 16.5. The van der Waals surface area contributed by atoms with E-state index in [1.54, 1.807) is 24.3 Å². The molecule has 4 aromatic rings. The van der Waals surface area contributed by atoms with Gasteiger partial charge in [0.05, 0.1) is 30.6 Å². The molecule has 0 bridgehead atoms. The molecule has 8 heteroatoms. The number of hydrogen-bond donors (Lipinski definition) is 0. The van der Waals surface area contributed by atoms with Crippen molar-refractivity contribution in [3.8, 4) is 17.1 Å². The zero-order chi connectivity index (χ0) is 22.7. The van der Waals surface area contributed by atoms with Crippen molar-refractivity contribution in [2.45, 2.75) is 26.9 Å². The Bertz CT molecular complexity index is 1230. The van der Waals surface area contributed by atoms with Gasteiger partial charge in [-0.1, -0.05) is 29.4 Å². The van der Waals surface area contributed by atoms with Crippen LogP contribution in [0.3, 0.4) is 0 Å². The minimum absolute atomic E-state index is 0.381. The highest BCUT2D eigenvalue weighted by Gasteiger charge is 2.13. The van der Waals surface area contributed by atoms with Crippen LogP contribution in [0.2, 0.25) is 0 Å². The van der Waals surface area contributed by atoms with Crippen LogP contribution < -0.4 is 0 Å². The third kappa shape index (κ3) is 4.76. The molecular weight excluding hydrogens is 406 g/mol. The Labute approximate surface area is 186 Å². The number of nitrogens with zero attached hydrogens (tertiary/aromatic N) is 5.